The maximum atomic E-state index is 11.7. The first kappa shape index (κ1) is 16.2. The van der Waals surface area contributed by atoms with Gasteiger partial charge in [-0.25, -0.2) is 4.79 Å². The highest BCUT2D eigenvalue weighted by Gasteiger charge is 2.22. The van der Waals surface area contributed by atoms with Crippen LogP contribution in [-0.2, 0) is 4.74 Å². The number of nitrogens with one attached hydrogen (secondary N) is 1. The summed E-state index contributed by atoms with van der Waals surface area (Å²) in [7, 11) is 1.42. The lowest BCUT2D eigenvalue weighted by Gasteiger charge is -2.19. The van der Waals surface area contributed by atoms with Crippen LogP contribution < -0.4 is 10.1 Å². The van der Waals surface area contributed by atoms with E-state index in [1.165, 1.54) is 19.2 Å². The lowest BCUT2D eigenvalue weighted by molar-refractivity contribution is -0.384. The minimum Gasteiger partial charge on any atom is -0.495 e. The van der Waals surface area contributed by atoms with Crippen molar-refractivity contribution in [3.05, 3.63) is 26.7 Å². The lowest BCUT2D eigenvalue weighted by atomic mass is 10.2. The van der Waals surface area contributed by atoms with Crippen LogP contribution in [0.15, 0.2) is 16.6 Å². The van der Waals surface area contributed by atoms with E-state index in [9.17, 15) is 14.9 Å². The Labute approximate surface area is 124 Å². The maximum Gasteiger partial charge on any atom is 0.412 e. The highest BCUT2D eigenvalue weighted by atomic mass is 79.9. The standard InChI is InChI=1S/C12H15BrN2O5/c1-12(2,3)20-11(16)14-8-6-10(19-4)7(13)5-9(8)15(17)18/h5-6H,1-4H3,(H,14,16). The van der Waals surface area contributed by atoms with Crippen molar-refractivity contribution in [1.82, 2.24) is 0 Å². The van der Waals surface area contributed by atoms with E-state index in [4.69, 9.17) is 9.47 Å². The van der Waals surface area contributed by atoms with Crippen LogP contribution in [0.4, 0.5) is 16.2 Å². The van der Waals surface area contributed by atoms with Gasteiger partial charge in [0.15, 0.2) is 0 Å². The third kappa shape index (κ3) is 4.37. The number of carbonyl (C=O) groups excluding carboxylic acids is 1. The van der Waals surface area contributed by atoms with Gasteiger partial charge < -0.3 is 9.47 Å². The first-order chi connectivity index (χ1) is 9.14. The molecule has 0 aliphatic carbocycles. The molecule has 20 heavy (non-hydrogen) atoms. The molecule has 8 heteroatoms. The topological polar surface area (TPSA) is 90.7 Å². The first-order valence-corrected chi connectivity index (χ1v) is 6.45. The van der Waals surface area contributed by atoms with Crippen molar-refractivity contribution in [1.29, 1.82) is 0 Å². The van der Waals surface area contributed by atoms with E-state index in [1.54, 1.807) is 20.8 Å². The van der Waals surface area contributed by atoms with Crippen molar-refractivity contribution < 1.29 is 19.2 Å². The predicted molar refractivity (Wildman–Crippen MR) is 77.2 cm³/mol. The van der Waals surface area contributed by atoms with E-state index in [2.05, 4.69) is 21.2 Å². The van der Waals surface area contributed by atoms with E-state index in [0.717, 1.165) is 0 Å². The predicted octanol–water partition coefficient (Wildman–Crippen LogP) is 3.71. The van der Waals surface area contributed by atoms with E-state index in [-0.39, 0.29) is 11.4 Å². The van der Waals surface area contributed by atoms with Crippen LogP contribution in [0.5, 0.6) is 5.75 Å². The largest absolute Gasteiger partial charge is 0.495 e. The number of anilines is 1. The van der Waals surface area contributed by atoms with Crippen molar-refractivity contribution in [3.63, 3.8) is 0 Å². The van der Waals surface area contributed by atoms with Crippen LogP contribution in [-0.4, -0.2) is 23.7 Å². The second-order valence-corrected chi connectivity index (χ2v) is 5.74. The van der Waals surface area contributed by atoms with Crippen molar-refractivity contribution in [3.8, 4) is 5.75 Å². The molecule has 0 heterocycles. The molecule has 0 saturated heterocycles. The molecule has 1 aromatic carbocycles. The molecular formula is C12H15BrN2O5. The Hall–Kier alpha value is -1.83. The molecule has 0 aromatic heterocycles. The molecule has 110 valence electrons. The normalized spacial score (nSPS) is 10.8. The number of rotatable bonds is 3. The van der Waals surface area contributed by atoms with Gasteiger partial charge in [0.05, 0.1) is 16.5 Å². The summed E-state index contributed by atoms with van der Waals surface area (Å²) in [5.41, 5.74) is -0.953. The summed E-state index contributed by atoms with van der Waals surface area (Å²) in [4.78, 5) is 22.1. The molecule has 0 bridgehead atoms. The molecule has 0 saturated carbocycles. The fourth-order valence-corrected chi connectivity index (χ4v) is 1.86. The Morgan fingerprint density at radius 2 is 2.00 bits per heavy atom. The molecule has 0 aliphatic rings. The Morgan fingerprint density at radius 1 is 1.40 bits per heavy atom. The zero-order valence-corrected chi connectivity index (χ0v) is 13.1. The number of benzene rings is 1. The molecule has 0 fully saturated rings. The summed E-state index contributed by atoms with van der Waals surface area (Å²) in [5.74, 6) is 0.363. The zero-order chi connectivity index (χ0) is 15.5. The van der Waals surface area contributed by atoms with Crippen molar-refractivity contribution in [2.24, 2.45) is 0 Å². The van der Waals surface area contributed by atoms with Gasteiger partial charge in [-0.2, -0.15) is 0 Å². The van der Waals surface area contributed by atoms with Crippen molar-refractivity contribution in [2.75, 3.05) is 12.4 Å². The highest BCUT2D eigenvalue weighted by Crippen LogP contribution is 2.36. The van der Waals surface area contributed by atoms with Crippen LogP contribution in [0, 0.1) is 10.1 Å². The van der Waals surface area contributed by atoms with Gasteiger partial charge in [0.1, 0.15) is 17.0 Å². The van der Waals surface area contributed by atoms with Gasteiger partial charge in [0, 0.05) is 12.1 Å². The van der Waals surface area contributed by atoms with E-state index in [1.807, 2.05) is 0 Å². The molecule has 7 nitrogen and oxygen atoms in total. The number of halogens is 1. The van der Waals surface area contributed by atoms with Gasteiger partial charge in [-0.3, -0.25) is 15.4 Å². The van der Waals surface area contributed by atoms with Gasteiger partial charge in [-0.05, 0) is 36.7 Å². The first-order valence-electron chi connectivity index (χ1n) is 5.66. The van der Waals surface area contributed by atoms with E-state index >= 15 is 0 Å². The van der Waals surface area contributed by atoms with E-state index < -0.39 is 16.6 Å². The number of nitrogens with zero attached hydrogens (tertiary/aromatic N) is 1. The molecule has 1 N–H and O–H groups in total. The zero-order valence-electron chi connectivity index (χ0n) is 11.5. The van der Waals surface area contributed by atoms with E-state index in [0.29, 0.717) is 10.2 Å². The molecule has 1 aromatic rings. The van der Waals surface area contributed by atoms with Crippen molar-refractivity contribution >= 4 is 33.4 Å². The molecule has 0 aliphatic heterocycles. The molecule has 0 unspecified atom stereocenters. The number of carbonyl (C=O) groups is 1. The molecule has 0 atom stereocenters. The second-order valence-electron chi connectivity index (χ2n) is 4.89. The Kier molecular flexibility index (Phi) is 4.93. The quantitative estimate of drug-likeness (QED) is 0.665. The van der Waals surface area contributed by atoms with Crippen LogP contribution >= 0.6 is 15.9 Å². The molecular weight excluding hydrogens is 332 g/mol. The van der Waals surface area contributed by atoms with Crippen LogP contribution in [0.25, 0.3) is 0 Å². The van der Waals surface area contributed by atoms with Gasteiger partial charge in [-0.1, -0.05) is 0 Å². The van der Waals surface area contributed by atoms with Crippen LogP contribution in [0.1, 0.15) is 20.8 Å². The Balaban J connectivity index is 3.09. The highest BCUT2D eigenvalue weighted by molar-refractivity contribution is 9.10. The van der Waals surface area contributed by atoms with Gasteiger partial charge in [0.25, 0.3) is 5.69 Å². The summed E-state index contributed by atoms with van der Waals surface area (Å²) in [5, 5.41) is 13.3. The number of hydrogen-bond donors (Lipinski definition) is 1. The number of ether oxygens (including phenoxy) is 2. The van der Waals surface area contributed by atoms with Crippen LogP contribution in [0.2, 0.25) is 0 Å². The number of methoxy groups -OCH3 is 1. The van der Waals surface area contributed by atoms with Gasteiger partial charge >= 0.3 is 6.09 Å². The molecule has 0 radical (unpaired) electrons. The summed E-state index contributed by atoms with van der Waals surface area (Å²) in [6.45, 7) is 5.09. The minimum absolute atomic E-state index is 0.00398. The summed E-state index contributed by atoms with van der Waals surface area (Å²) >= 11 is 3.15. The number of nitro groups is 1. The summed E-state index contributed by atoms with van der Waals surface area (Å²) in [6, 6.07) is 2.61. The van der Waals surface area contributed by atoms with Gasteiger partial charge in [-0.15, -0.1) is 0 Å². The molecule has 0 spiro atoms. The van der Waals surface area contributed by atoms with Crippen molar-refractivity contribution in [2.45, 2.75) is 26.4 Å². The summed E-state index contributed by atoms with van der Waals surface area (Å²) in [6.07, 6.45) is -0.773. The third-order valence-corrected chi connectivity index (χ3v) is 2.72. The number of amides is 1. The lowest BCUT2D eigenvalue weighted by Crippen LogP contribution is -2.27. The SMILES string of the molecule is COc1cc(NC(=O)OC(C)(C)C)c([N+](=O)[O-])cc1Br. The fraction of sp³-hybridized carbons (Fsp3) is 0.417. The summed E-state index contributed by atoms with van der Waals surface area (Å²) < 4.78 is 10.5. The fourth-order valence-electron chi connectivity index (χ4n) is 1.36. The minimum atomic E-state index is -0.773. The Morgan fingerprint density at radius 3 is 2.45 bits per heavy atom. The monoisotopic (exact) mass is 346 g/mol. The number of hydrogen-bond acceptors (Lipinski definition) is 5. The number of nitro benzene ring substituents is 1. The average molecular weight is 347 g/mol. The van der Waals surface area contributed by atoms with Crippen LogP contribution in [0.3, 0.4) is 0 Å². The maximum absolute atomic E-state index is 11.7. The second kappa shape index (κ2) is 6.08. The molecule has 1 amide bonds. The Bertz CT molecular complexity index is 539. The molecule has 1 rings (SSSR count). The smallest absolute Gasteiger partial charge is 0.412 e. The average Bonchev–Trinajstić information content (AvgIpc) is 2.28. The third-order valence-electron chi connectivity index (χ3n) is 2.10. The van der Waals surface area contributed by atoms with Gasteiger partial charge in [0.2, 0.25) is 0 Å².